The molecule has 8 heteroatoms. The van der Waals surface area contributed by atoms with Gasteiger partial charge in [-0.3, -0.25) is 4.99 Å². The Kier molecular flexibility index (Phi) is 9.99. The van der Waals surface area contributed by atoms with Crippen molar-refractivity contribution < 1.29 is 9.47 Å². The van der Waals surface area contributed by atoms with Gasteiger partial charge in [-0.25, -0.2) is 4.98 Å². The minimum Gasteiger partial charge on any atom is -0.497 e. The van der Waals surface area contributed by atoms with Crippen molar-refractivity contribution >= 4 is 35.8 Å². The van der Waals surface area contributed by atoms with Crippen LogP contribution in [0.2, 0.25) is 0 Å². The van der Waals surface area contributed by atoms with Crippen molar-refractivity contribution in [3.05, 3.63) is 48.2 Å². The van der Waals surface area contributed by atoms with Crippen LogP contribution in [-0.4, -0.2) is 69.3 Å². The molecule has 1 fully saturated rings. The third kappa shape index (κ3) is 6.38. The second-order valence-electron chi connectivity index (χ2n) is 6.83. The maximum absolute atomic E-state index is 5.48. The van der Waals surface area contributed by atoms with Crippen molar-refractivity contribution in [2.75, 3.05) is 58.4 Å². The first-order chi connectivity index (χ1) is 14.2. The molecular weight excluding hydrogens is 493 g/mol. The monoisotopic (exact) mass is 525 g/mol. The number of nitrogens with one attached hydrogen (secondary N) is 1. The summed E-state index contributed by atoms with van der Waals surface area (Å²) in [6, 6.07) is 11.9. The first-order valence-electron chi connectivity index (χ1n) is 10.1. The van der Waals surface area contributed by atoms with Crippen LogP contribution in [0.4, 0.5) is 5.82 Å². The third-order valence-corrected chi connectivity index (χ3v) is 5.02. The van der Waals surface area contributed by atoms with Crippen molar-refractivity contribution in [1.82, 2.24) is 15.2 Å². The van der Waals surface area contributed by atoms with Gasteiger partial charge < -0.3 is 24.6 Å². The number of aromatic nitrogens is 1. The average Bonchev–Trinajstić information content (AvgIpc) is 2.79. The summed E-state index contributed by atoms with van der Waals surface area (Å²) in [4.78, 5) is 14.0. The van der Waals surface area contributed by atoms with Gasteiger partial charge in [0.05, 0.1) is 14.2 Å². The Balaban J connectivity index is 0.00000320. The fourth-order valence-electron chi connectivity index (χ4n) is 3.47. The smallest absolute Gasteiger partial charge is 0.194 e. The summed E-state index contributed by atoms with van der Waals surface area (Å²) in [6.07, 6.45) is 2.64. The zero-order valence-electron chi connectivity index (χ0n) is 18.0. The summed E-state index contributed by atoms with van der Waals surface area (Å²) in [5.41, 5.74) is 1.10. The van der Waals surface area contributed by atoms with Gasteiger partial charge in [0, 0.05) is 45.5 Å². The molecular formula is C22H32IN5O2. The van der Waals surface area contributed by atoms with Gasteiger partial charge in [-0.2, -0.15) is 0 Å². The molecule has 0 spiro atoms. The molecule has 164 valence electrons. The molecule has 7 nitrogen and oxygen atoms in total. The quantitative estimate of drug-likeness (QED) is 0.341. The predicted octanol–water partition coefficient (Wildman–Crippen LogP) is 3.05. The maximum atomic E-state index is 5.48. The SMILES string of the molecule is CCNC(=NCCc1cc(OC)ccc1OC)N1CCN(c2ccccn2)CC1.I. The number of rotatable bonds is 7. The molecule has 0 aliphatic carbocycles. The standard InChI is InChI=1S/C22H31N5O2.HI/c1-4-23-22(25-12-10-18-17-19(28-2)8-9-20(18)29-3)27-15-13-26(14-16-27)21-7-5-6-11-24-21;/h5-9,11,17H,4,10,12-16H2,1-3H3,(H,23,25);1H. The number of hydrogen-bond acceptors (Lipinski definition) is 5. The summed E-state index contributed by atoms with van der Waals surface area (Å²) in [7, 11) is 3.37. The van der Waals surface area contributed by atoms with Gasteiger partial charge in [0.25, 0.3) is 0 Å². The molecule has 1 aromatic carbocycles. The van der Waals surface area contributed by atoms with Gasteiger partial charge in [-0.15, -0.1) is 24.0 Å². The summed E-state index contributed by atoms with van der Waals surface area (Å²) in [5.74, 6) is 3.71. The van der Waals surface area contributed by atoms with Gasteiger partial charge in [-0.1, -0.05) is 6.07 Å². The van der Waals surface area contributed by atoms with Crippen molar-refractivity contribution in [2.45, 2.75) is 13.3 Å². The Morgan fingerprint density at radius 2 is 1.90 bits per heavy atom. The van der Waals surface area contributed by atoms with Crippen LogP contribution in [0.15, 0.2) is 47.6 Å². The van der Waals surface area contributed by atoms with Crippen LogP contribution < -0.4 is 19.7 Å². The molecule has 0 amide bonds. The minimum absolute atomic E-state index is 0. The highest BCUT2D eigenvalue weighted by molar-refractivity contribution is 14.0. The Bertz CT molecular complexity index is 795. The first kappa shape index (κ1) is 24.0. The molecule has 1 N–H and O–H groups in total. The molecule has 1 saturated heterocycles. The van der Waals surface area contributed by atoms with Crippen LogP contribution >= 0.6 is 24.0 Å². The number of ether oxygens (including phenoxy) is 2. The van der Waals surface area contributed by atoms with E-state index in [0.717, 1.165) is 68.0 Å². The van der Waals surface area contributed by atoms with Gasteiger partial charge in [-0.05, 0) is 49.2 Å². The van der Waals surface area contributed by atoms with Crippen LogP contribution in [0.5, 0.6) is 11.5 Å². The zero-order chi connectivity index (χ0) is 20.5. The normalized spacial score (nSPS) is 14.2. The molecule has 0 unspecified atom stereocenters. The summed E-state index contributed by atoms with van der Waals surface area (Å²) in [5, 5.41) is 3.43. The number of pyridine rings is 1. The number of hydrogen-bond donors (Lipinski definition) is 1. The molecule has 2 aromatic rings. The van der Waals surface area contributed by atoms with Crippen LogP contribution in [0.25, 0.3) is 0 Å². The van der Waals surface area contributed by atoms with E-state index in [1.54, 1.807) is 14.2 Å². The van der Waals surface area contributed by atoms with E-state index in [0.29, 0.717) is 6.54 Å². The zero-order valence-corrected chi connectivity index (χ0v) is 20.3. The summed E-state index contributed by atoms with van der Waals surface area (Å²) >= 11 is 0. The Labute approximate surface area is 196 Å². The molecule has 1 aromatic heterocycles. The van der Waals surface area contributed by atoms with E-state index in [1.165, 1.54) is 0 Å². The number of piperazine rings is 1. The molecule has 0 bridgehead atoms. The van der Waals surface area contributed by atoms with Crippen molar-refractivity contribution in [3.8, 4) is 11.5 Å². The van der Waals surface area contributed by atoms with E-state index in [1.807, 2.05) is 36.5 Å². The lowest BCUT2D eigenvalue weighted by atomic mass is 10.1. The van der Waals surface area contributed by atoms with Crippen LogP contribution in [0.1, 0.15) is 12.5 Å². The highest BCUT2D eigenvalue weighted by atomic mass is 127. The number of aliphatic imine (C=N–C) groups is 1. The molecule has 0 atom stereocenters. The highest BCUT2D eigenvalue weighted by Crippen LogP contribution is 2.24. The lowest BCUT2D eigenvalue weighted by molar-refractivity contribution is 0.371. The molecule has 3 rings (SSSR count). The largest absolute Gasteiger partial charge is 0.497 e. The maximum Gasteiger partial charge on any atom is 0.194 e. The van der Waals surface area contributed by atoms with E-state index < -0.39 is 0 Å². The number of guanidine groups is 1. The molecule has 30 heavy (non-hydrogen) atoms. The minimum atomic E-state index is 0. The van der Waals surface area contributed by atoms with Gasteiger partial charge in [0.2, 0.25) is 0 Å². The predicted molar refractivity (Wildman–Crippen MR) is 133 cm³/mol. The van der Waals surface area contributed by atoms with E-state index in [-0.39, 0.29) is 24.0 Å². The number of nitrogens with zero attached hydrogens (tertiary/aromatic N) is 4. The van der Waals surface area contributed by atoms with E-state index >= 15 is 0 Å². The fraction of sp³-hybridized carbons (Fsp3) is 0.455. The van der Waals surface area contributed by atoms with Gasteiger partial charge >= 0.3 is 0 Å². The number of benzene rings is 1. The van der Waals surface area contributed by atoms with Crippen molar-refractivity contribution in [3.63, 3.8) is 0 Å². The summed E-state index contributed by atoms with van der Waals surface area (Å²) in [6.45, 7) is 7.35. The van der Waals surface area contributed by atoms with E-state index in [9.17, 15) is 0 Å². The number of methoxy groups -OCH3 is 2. The van der Waals surface area contributed by atoms with Gasteiger partial charge in [0.15, 0.2) is 5.96 Å². The first-order valence-corrected chi connectivity index (χ1v) is 10.1. The number of halogens is 1. The van der Waals surface area contributed by atoms with Crippen molar-refractivity contribution in [1.29, 1.82) is 0 Å². The van der Waals surface area contributed by atoms with Gasteiger partial charge in [0.1, 0.15) is 17.3 Å². The molecule has 0 saturated carbocycles. The third-order valence-electron chi connectivity index (χ3n) is 5.02. The fourth-order valence-corrected chi connectivity index (χ4v) is 3.47. The van der Waals surface area contributed by atoms with Crippen LogP contribution in [0.3, 0.4) is 0 Å². The van der Waals surface area contributed by atoms with Crippen LogP contribution in [-0.2, 0) is 6.42 Å². The molecule has 2 heterocycles. The topological polar surface area (TPSA) is 62.2 Å². The highest BCUT2D eigenvalue weighted by Gasteiger charge is 2.20. The van der Waals surface area contributed by atoms with Crippen LogP contribution in [0, 0.1) is 0 Å². The molecule has 1 aliphatic heterocycles. The molecule has 0 radical (unpaired) electrons. The van der Waals surface area contributed by atoms with E-state index in [2.05, 4.69) is 33.1 Å². The molecule has 1 aliphatic rings. The second kappa shape index (κ2) is 12.5. The Morgan fingerprint density at radius 1 is 1.10 bits per heavy atom. The lowest BCUT2D eigenvalue weighted by Crippen LogP contribution is -2.52. The number of anilines is 1. The Morgan fingerprint density at radius 3 is 2.53 bits per heavy atom. The Hall–Kier alpha value is -2.23. The van der Waals surface area contributed by atoms with E-state index in [4.69, 9.17) is 14.5 Å². The van der Waals surface area contributed by atoms with Crippen molar-refractivity contribution in [2.24, 2.45) is 4.99 Å². The lowest BCUT2D eigenvalue weighted by Gasteiger charge is -2.37. The second-order valence-corrected chi connectivity index (χ2v) is 6.83. The average molecular weight is 525 g/mol. The summed E-state index contributed by atoms with van der Waals surface area (Å²) < 4.78 is 10.8.